The van der Waals surface area contributed by atoms with Gasteiger partial charge in [0.25, 0.3) is 0 Å². The van der Waals surface area contributed by atoms with Crippen LogP contribution in [0.1, 0.15) is 31.4 Å². The van der Waals surface area contributed by atoms with E-state index in [0.717, 1.165) is 28.3 Å². The predicted octanol–water partition coefficient (Wildman–Crippen LogP) is 5.45. The Morgan fingerprint density at radius 3 is 2.20 bits per heavy atom. The Morgan fingerprint density at radius 1 is 0.975 bits per heavy atom. The molecule has 214 valence electrons. The van der Waals surface area contributed by atoms with Crippen molar-refractivity contribution in [2.45, 2.75) is 45.3 Å². The van der Waals surface area contributed by atoms with Crippen molar-refractivity contribution in [2.75, 3.05) is 17.1 Å². The summed E-state index contributed by atoms with van der Waals surface area (Å²) in [6.45, 7) is 3.19. The van der Waals surface area contributed by atoms with Gasteiger partial charge in [-0.05, 0) is 54.8 Å². The summed E-state index contributed by atoms with van der Waals surface area (Å²) in [7, 11) is -4.00. The van der Waals surface area contributed by atoms with Crippen LogP contribution in [-0.2, 0) is 32.6 Å². The van der Waals surface area contributed by atoms with Gasteiger partial charge in [0, 0.05) is 24.0 Å². The number of hydrogen-bond donors (Lipinski definition) is 1. The number of sulfonamides is 1. The molecule has 0 spiro atoms. The summed E-state index contributed by atoms with van der Waals surface area (Å²) in [5.74, 6) is -1.71. The van der Waals surface area contributed by atoms with Gasteiger partial charge in [0.1, 0.15) is 18.4 Å². The van der Waals surface area contributed by atoms with E-state index in [1.165, 1.54) is 11.0 Å². The van der Waals surface area contributed by atoms with Crippen LogP contribution in [0.25, 0.3) is 0 Å². The van der Waals surface area contributed by atoms with Gasteiger partial charge in [-0.25, -0.2) is 12.8 Å². The molecule has 11 heteroatoms. The highest BCUT2D eigenvalue weighted by atomic mass is 35.5. The van der Waals surface area contributed by atoms with Gasteiger partial charge in [-0.15, -0.1) is 0 Å². The number of amides is 2. The van der Waals surface area contributed by atoms with Gasteiger partial charge in [-0.3, -0.25) is 13.9 Å². The highest BCUT2D eigenvalue weighted by Gasteiger charge is 2.33. The number of nitrogens with zero attached hydrogens (tertiary/aromatic N) is 2. The fraction of sp³-hybridized carbons (Fsp3) is 0.310. The third-order valence-electron chi connectivity index (χ3n) is 6.41. The van der Waals surface area contributed by atoms with E-state index >= 15 is 0 Å². The Morgan fingerprint density at radius 2 is 1.62 bits per heavy atom. The molecule has 0 heterocycles. The molecule has 3 aromatic carbocycles. The molecule has 2 amide bonds. The molecule has 0 radical (unpaired) electrons. The average molecular weight is 609 g/mol. The van der Waals surface area contributed by atoms with E-state index in [1.54, 1.807) is 24.3 Å². The van der Waals surface area contributed by atoms with E-state index in [4.69, 9.17) is 23.2 Å². The molecule has 0 aliphatic heterocycles. The maximum absolute atomic E-state index is 14.0. The van der Waals surface area contributed by atoms with Crippen LogP contribution in [0, 0.1) is 5.82 Å². The Balaban J connectivity index is 2.06. The number of rotatable bonds is 12. The molecule has 2 atom stereocenters. The van der Waals surface area contributed by atoms with E-state index in [0.29, 0.717) is 17.0 Å². The van der Waals surface area contributed by atoms with Gasteiger partial charge in [0.05, 0.1) is 17.0 Å². The minimum Gasteiger partial charge on any atom is -0.352 e. The van der Waals surface area contributed by atoms with E-state index in [1.807, 2.05) is 44.2 Å². The fourth-order valence-corrected chi connectivity index (χ4v) is 5.18. The number of carbonyl (C=O) groups is 2. The summed E-state index contributed by atoms with van der Waals surface area (Å²) >= 11 is 12.0. The highest BCUT2D eigenvalue weighted by Crippen LogP contribution is 2.25. The first-order chi connectivity index (χ1) is 18.9. The van der Waals surface area contributed by atoms with Crippen molar-refractivity contribution in [3.8, 4) is 0 Å². The normalized spacial score (nSPS) is 12.8. The van der Waals surface area contributed by atoms with Crippen molar-refractivity contribution < 1.29 is 22.4 Å². The molecule has 0 aromatic heterocycles. The first kappa shape index (κ1) is 31.4. The minimum atomic E-state index is -4.00. The van der Waals surface area contributed by atoms with Gasteiger partial charge < -0.3 is 10.2 Å². The van der Waals surface area contributed by atoms with Crippen molar-refractivity contribution in [1.82, 2.24) is 10.2 Å². The lowest BCUT2D eigenvalue weighted by Crippen LogP contribution is -2.54. The summed E-state index contributed by atoms with van der Waals surface area (Å²) in [6, 6.07) is 18.4. The van der Waals surface area contributed by atoms with E-state index in [9.17, 15) is 22.4 Å². The Hall–Kier alpha value is -3.14. The van der Waals surface area contributed by atoms with Crippen LogP contribution in [0.4, 0.5) is 10.1 Å². The van der Waals surface area contributed by atoms with Crippen molar-refractivity contribution in [3.63, 3.8) is 0 Å². The fourth-order valence-electron chi connectivity index (χ4n) is 4.04. The Bertz CT molecular complexity index is 1420. The standard InChI is InChI=1S/C29H32Cl2FN3O4S/c1-4-20(2)33-29(37)27(16-21-8-6-5-7-9-21)34(18-22-10-12-23(30)13-11-22)28(36)19-35(40(3,38)39)24-14-15-26(32)25(31)17-24/h5-15,17,20,27H,4,16,18-19H2,1-3H3,(H,33,37)/t20-,27+/m1/s1. The van der Waals surface area contributed by atoms with Crippen LogP contribution in [-0.4, -0.2) is 50.0 Å². The molecule has 0 unspecified atom stereocenters. The van der Waals surface area contributed by atoms with Crippen LogP contribution < -0.4 is 9.62 Å². The van der Waals surface area contributed by atoms with Crippen LogP contribution in [0.2, 0.25) is 10.0 Å². The molecule has 3 rings (SSSR count). The molecular formula is C29H32Cl2FN3O4S. The second-order valence-electron chi connectivity index (χ2n) is 9.54. The number of carbonyl (C=O) groups excluding carboxylic acids is 2. The second kappa shape index (κ2) is 14.0. The Kier molecular flexibility index (Phi) is 11.0. The smallest absolute Gasteiger partial charge is 0.244 e. The molecule has 0 fully saturated rings. The first-order valence-corrected chi connectivity index (χ1v) is 15.3. The van der Waals surface area contributed by atoms with Gasteiger partial charge in [-0.1, -0.05) is 72.6 Å². The van der Waals surface area contributed by atoms with Crippen molar-refractivity contribution in [2.24, 2.45) is 0 Å². The molecule has 0 bridgehead atoms. The summed E-state index contributed by atoms with van der Waals surface area (Å²) in [5, 5.41) is 3.19. The van der Waals surface area contributed by atoms with Crippen LogP contribution in [0.15, 0.2) is 72.8 Å². The monoisotopic (exact) mass is 607 g/mol. The number of hydrogen-bond acceptors (Lipinski definition) is 4. The summed E-state index contributed by atoms with van der Waals surface area (Å²) in [4.78, 5) is 29.0. The lowest BCUT2D eigenvalue weighted by molar-refractivity contribution is -0.140. The van der Waals surface area contributed by atoms with E-state index < -0.39 is 34.3 Å². The number of nitrogens with one attached hydrogen (secondary N) is 1. The molecule has 40 heavy (non-hydrogen) atoms. The molecule has 0 aliphatic rings. The summed E-state index contributed by atoms with van der Waals surface area (Å²) in [5.41, 5.74) is 1.55. The lowest BCUT2D eigenvalue weighted by Gasteiger charge is -2.34. The van der Waals surface area contributed by atoms with Gasteiger partial charge in [-0.2, -0.15) is 0 Å². The maximum atomic E-state index is 14.0. The third-order valence-corrected chi connectivity index (χ3v) is 8.09. The first-order valence-electron chi connectivity index (χ1n) is 12.7. The molecular weight excluding hydrogens is 576 g/mol. The maximum Gasteiger partial charge on any atom is 0.244 e. The van der Waals surface area contributed by atoms with Crippen molar-refractivity contribution >= 4 is 50.7 Å². The minimum absolute atomic E-state index is 0.0171. The molecule has 3 aromatic rings. The zero-order valence-corrected chi connectivity index (χ0v) is 24.8. The lowest BCUT2D eigenvalue weighted by atomic mass is 10.0. The molecule has 1 N–H and O–H groups in total. The quantitative estimate of drug-likeness (QED) is 0.296. The number of anilines is 1. The van der Waals surface area contributed by atoms with Gasteiger partial charge in [0.2, 0.25) is 21.8 Å². The zero-order chi connectivity index (χ0) is 29.4. The summed E-state index contributed by atoms with van der Waals surface area (Å²) in [6.07, 6.45) is 1.82. The highest BCUT2D eigenvalue weighted by molar-refractivity contribution is 7.92. The molecule has 0 aliphatic carbocycles. The molecule has 7 nitrogen and oxygen atoms in total. The topological polar surface area (TPSA) is 86.8 Å². The second-order valence-corrected chi connectivity index (χ2v) is 12.3. The average Bonchev–Trinajstić information content (AvgIpc) is 2.91. The van der Waals surface area contributed by atoms with Gasteiger partial charge >= 0.3 is 0 Å². The van der Waals surface area contributed by atoms with Crippen LogP contribution in [0.3, 0.4) is 0 Å². The zero-order valence-electron chi connectivity index (χ0n) is 22.5. The van der Waals surface area contributed by atoms with E-state index in [2.05, 4.69) is 5.32 Å². The predicted molar refractivity (Wildman–Crippen MR) is 157 cm³/mol. The largest absolute Gasteiger partial charge is 0.352 e. The Labute approximate surface area is 244 Å². The van der Waals surface area contributed by atoms with E-state index in [-0.39, 0.29) is 35.6 Å². The summed E-state index contributed by atoms with van der Waals surface area (Å²) < 4.78 is 40.2. The van der Waals surface area contributed by atoms with Crippen molar-refractivity contribution in [1.29, 1.82) is 0 Å². The SMILES string of the molecule is CC[C@@H](C)NC(=O)[C@H](Cc1ccccc1)N(Cc1ccc(Cl)cc1)C(=O)CN(c1ccc(F)c(Cl)c1)S(C)(=O)=O. The number of halogens is 3. The van der Waals surface area contributed by atoms with Gasteiger partial charge in [0.15, 0.2) is 0 Å². The van der Waals surface area contributed by atoms with Crippen molar-refractivity contribution in [3.05, 3.63) is 99.8 Å². The molecule has 0 saturated heterocycles. The third kappa shape index (κ3) is 8.68. The number of benzene rings is 3. The van der Waals surface area contributed by atoms with Crippen LogP contribution >= 0.6 is 23.2 Å². The molecule has 0 saturated carbocycles. The van der Waals surface area contributed by atoms with Crippen LogP contribution in [0.5, 0.6) is 0 Å².